The lowest BCUT2D eigenvalue weighted by Crippen LogP contribution is -2.46. The molecule has 0 saturated carbocycles. The van der Waals surface area contributed by atoms with Crippen LogP contribution >= 0.6 is 23.1 Å². The highest BCUT2D eigenvalue weighted by Crippen LogP contribution is 2.32. The van der Waals surface area contributed by atoms with Crippen molar-refractivity contribution in [3.05, 3.63) is 41.1 Å². The first-order valence-corrected chi connectivity index (χ1v) is 9.56. The Morgan fingerprint density at radius 1 is 1.37 bits per heavy atom. The molecule has 1 aromatic heterocycles. The van der Waals surface area contributed by atoms with Gasteiger partial charge in [-0.05, 0) is 17.7 Å². The van der Waals surface area contributed by atoms with Crippen molar-refractivity contribution in [2.24, 2.45) is 0 Å². The second-order valence-corrected chi connectivity index (χ2v) is 7.62. The molecule has 0 spiro atoms. The summed E-state index contributed by atoms with van der Waals surface area (Å²) in [5.41, 5.74) is 7.04. The molecule has 0 fully saturated rings. The van der Waals surface area contributed by atoms with E-state index in [4.69, 9.17) is 15.2 Å². The number of nitrogens with one attached hydrogen (secondary N) is 2. The topological polar surface area (TPSA) is 128 Å². The lowest BCUT2D eigenvalue weighted by Gasteiger charge is -2.29. The molecule has 1 aliphatic rings. The van der Waals surface area contributed by atoms with Gasteiger partial charge in [0.15, 0.2) is 4.34 Å². The highest BCUT2D eigenvalue weighted by Gasteiger charge is 2.33. The van der Waals surface area contributed by atoms with Crippen LogP contribution in [0, 0.1) is 0 Å². The number of hydrogen-bond acceptors (Lipinski definition) is 9. The zero-order chi connectivity index (χ0) is 19.4. The van der Waals surface area contributed by atoms with Crippen LogP contribution in [0.15, 0.2) is 39.9 Å². The third kappa shape index (κ3) is 4.31. The Morgan fingerprint density at radius 3 is 2.85 bits per heavy atom. The van der Waals surface area contributed by atoms with E-state index in [1.807, 2.05) is 0 Å². The van der Waals surface area contributed by atoms with E-state index in [9.17, 15) is 9.59 Å². The molecular formula is C16H17N5O4S2. The molecule has 1 aliphatic heterocycles. The maximum Gasteiger partial charge on any atom is 0.338 e. The predicted octanol–water partition coefficient (Wildman–Crippen LogP) is 1.70. The summed E-state index contributed by atoms with van der Waals surface area (Å²) in [6.07, 6.45) is 0. The lowest BCUT2D eigenvalue weighted by atomic mass is 9.95. The van der Waals surface area contributed by atoms with E-state index in [0.717, 1.165) is 0 Å². The smallest absolute Gasteiger partial charge is 0.338 e. The summed E-state index contributed by atoms with van der Waals surface area (Å²) < 4.78 is 10.8. The summed E-state index contributed by atoms with van der Waals surface area (Å²) in [5.74, 6) is 0.375. The number of esters is 1. The molecule has 11 heteroatoms. The minimum atomic E-state index is -0.670. The quantitative estimate of drug-likeness (QED) is 0.488. The summed E-state index contributed by atoms with van der Waals surface area (Å²) in [4.78, 5) is 24.7. The second-order valence-electron chi connectivity index (χ2n) is 5.39. The van der Waals surface area contributed by atoms with Crippen molar-refractivity contribution < 1.29 is 19.1 Å². The van der Waals surface area contributed by atoms with E-state index in [0.29, 0.717) is 37.8 Å². The Balaban J connectivity index is 1.97. The minimum absolute atomic E-state index is 0.299. The lowest BCUT2D eigenvalue weighted by molar-refractivity contribution is -0.136. The molecule has 9 nitrogen and oxygen atoms in total. The molecule has 3 rings (SSSR count). The third-order valence-corrected chi connectivity index (χ3v) is 5.66. The normalized spacial score (nSPS) is 16.5. The number of methoxy groups -OCH3 is 2. The van der Waals surface area contributed by atoms with E-state index in [1.54, 1.807) is 31.4 Å². The molecule has 4 N–H and O–H groups in total. The fourth-order valence-electron chi connectivity index (χ4n) is 2.57. The summed E-state index contributed by atoms with van der Waals surface area (Å²) in [5, 5.41) is 13.5. The Kier molecular flexibility index (Phi) is 5.81. The van der Waals surface area contributed by atoms with Gasteiger partial charge in [0, 0.05) is 11.4 Å². The van der Waals surface area contributed by atoms with Gasteiger partial charge < -0.3 is 25.8 Å². The van der Waals surface area contributed by atoms with Crippen molar-refractivity contribution in [1.82, 2.24) is 20.8 Å². The van der Waals surface area contributed by atoms with E-state index in [2.05, 4.69) is 20.8 Å². The van der Waals surface area contributed by atoms with Crippen LogP contribution in [-0.4, -0.2) is 42.2 Å². The predicted molar refractivity (Wildman–Crippen MR) is 101 cm³/mol. The molecule has 1 atom stereocenters. The van der Waals surface area contributed by atoms with Gasteiger partial charge in [-0.25, -0.2) is 9.59 Å². The van der Waals surface area contributed by atoms with Crippen molar-refractivity contribution in [2.45, 2.75) is 10.4 Å². The molecule has 1 aromatic carbocycles. The Labute approximate surface area is 163 Å². The van der Waals surface area contributed by atoms with Gasteiger partial charge in [-0.2, -0.15) is 0 Å². The number of carbonyl (C=O) groups is 2. The monoisotopic (exact) mass is 407 g/mol. The highest BCUT2D eigenvalue weighted by molar-refractivity contribution is 8.01. The average molecular weight is 407 g/mol. The van der Waals surface area contributed by atoms with Crippen molar-refractivity contribution in [2.75, 3.05) is 25.7 Å². The Morgan fingerprint density at radius 2 is 2.19 bits per heavy atom. The molecule has 1 unspecified atom stereocenters. The summed E-state index contributed by atoms with van der Waals surface area (Å²) in [7, 11) is 2.84. The van der Waals surface area contributed by atoms with Gasteiger partial charge in [-0.15, -0.1) is 10.2 Å². The van der Waals surface area contributed by atoms with Gasteiger partial charge >= 0.3 is 12.0 Å². The van der Waals surface area contributed by atoms with Crippen LogP contribution in [0.3, 0.4) is 0 Å². The van der Waals surface area contributed by atoms with Crippen LogP contribution in [-0.2, 0) is 9.53 Å². The summed E-state index contributed by atoms with van der Waals surface area (Å²) in [6.45, 7) is 0. The van der Waals surface area contributed by atoms with Crippen LogP contribution in [0.1, 0.15) is 11.6 Å². The maximum absolute atomic E-state index is 12.5. The summed E-state index contributed by atoms with van der Waals surface area (Å²) >= 11 is 2.55. The SMILES string of the molecule is COC(=O)C1=C(CSc2nnc(N)s2)NC(=O)NC1c1cccc(OC)c1. The average Bonchev–Trinajstić information content (AvgIpc) is 3.10. The van der Waals surface area contributed by atoms with E-state index in [1.165, 1.54) is 30.2 Å². The zero-order valence-corrected chi connectivity index (χ0v) is 16.1. The molecule has 0 bridgehead atoms. The molecule has 27 heavy (non-hydrogen) atoms. The number of amides is 2. The van der Waals surface area contributed by atoms with Crippen LogP contribution in [0.2, 0.25) is 0 Å². The number of thioether (sulfide) groups is 1. The second kappa shape index (κ2) is 8.27. The molecule has 2 amide bonds. The van der Waals surface area contributed by atoms with Gasteiger partial charge in [0.1, 0.15) is 5.75 Å². The van der Waals surface area contributed by atoms with Gasteiger partial charge in [0.25, 0.3) is 0 Å². The van der Waals surface area contributed by atoms with Crippen molar-refractivity contribution >= 4 is 40.2 Å². The number of urea groups is 1. The van der Waals surface area contributed by atoms with Crippen LogP contribution in [0.4, 0.5) is 9.93 Å². The molecule has 0 saturated heterocycles. The van der Waals surface area contributed by atoms with Crippen molar-refractivity contribution in [3.63, 3.8) is 0 Å². The molecule has 2 heterocycles. The first kappa shape index (κ1) is 19.0. The Hall–Kier alpha value is -2.79. The van der Waals surface area contributed by atoms with Gasteiger partial charge in [0.2, 0.25) is 5.13 Å². The number of rotatable bonds is 6. The fraction of sp³-hybridized carbons (Fsp3) is 0.250. The Bertz CT molecular complexity index is 898. The molecule has 0 radical (unpaired) electrons. The van der Waals surface area contributed by atoms with Gasteiger partial charge in [0.05, 0.1) is 25.8 Å². The number of nitrogens with two attached hydrogens (primary N) is 1. The van der Waals surface area contributed by atoms with E-state index < -0.39 is 18.0 Å². The largest absolute Gasteiger partial charge is 0.497 e. The van der Waals surface area contributed by atoms with Crippen molar-refractivity contribution in [3.8, 4) is 5.75 Å². The number of hydrogen-bond donors (Lipinski definition) is 3. The van der Waals surface area contributed by atoms with E-state index in [-0.39, 0.29) is 0 Å². The molecule has 0 aliphatic carbocycles. The minimum Gasteiger partial charge on any atom is -0.497 e. The number of nitrogen functional groups attached to an aromatic ring is 1. The van der Waals surface area contributed by atoms with E-state index >= 15 is 0 Å². The maximum atomic E-state index is 12.5. The van der Waals surface area contributed by atoms with Crippen LogP contribution in [0.5, 0.6) is 5.75 Å². The standard InChI is InChI=1S/C16H17N5O4S2/c1-24-9-5-3-4-8(6-9)12-11(13(22)25-2)10(18-15(23)19-12)7-26-16-21-20-14(17)27-16/h3-6,12H,7H2,1-2H3,(H2,17,20)(H2,18,19,23). The first-order valence-electron chi connectivity index (χ1n) is 7.76. The number of nitrogens with zero attached hydrogens (tertiary/aromatic N) is 2. The number of ether oxygens (including phenoxy) is 2. The molecule has 142 valence electrons. The number of benzene rings is 1. The number of carbonyl (C=O) groups excluding carboxylic acids is 2. The van der Waals surface area contributed by atoms with Crippen LogP contribution in [0.25, 0.3) is 0 Å². The molecular weight excluding hydrogens is 390 g/mol. The third-order valence-electron chi connectivity index (χ3n) is 3.75. The highest BCUT2D eigenvalue weighted by atomic mass is 32.2. The summed E-state index contributed by atoms with van der Waals surface area (Å²) in [6, 6.07) is 6.05. The zero-order valence-electron chi connectivity index (χ0n) is 14.5. The fourth-order valence-corrected chi connectivity index (χ4v) is 4.17. The first-order chi connectivity index (χ1) is 13.0. The molecule has 2 aromatic rings. The number of aromatic nitrogens is 2. The van der Waals surface area contributed by atoms with Gasteiger partial charge in [-0.3, -0.25) is 0 Å². The number of anilines is 1. The van der Waals surface area contributed by atoms with Crippen molar-refractivity contribution in [1.29, 1.82) is 0 Å². The van der Waals surface area contributed by atoms with Gasteiger partial charge in [-0.1, -0.05) is 35.2 Å². The van der Waals surface area contributed by atoms with Crippen LogP contribution < -0.4 is 21.1 Å².